The van der Waals surface area contributed by atoms with Gasteiger partial charge < -0.3 is 9.73 Å². The van der Waals surface area contributed by atoms with Crippen molar-refractivity contribution in [2.24, 2.45) is 0 Å². The lowest BCUT2D eigenvalue weighted by Crippen LogP contribution is -1.98. The Bertz CT molecular complexity index is 1630. The largest absolute Gasteiger partial charge is 0.456 e. The summed E-state index contributed by atoms with van der Waals surface area (Å²) in [6.07, 6.45) is 1.99. The van der Waals surface area contributed by atoms with Crippen LogP contribution in [0.25, 0.3) is 33.1 Å². The molecule has 1 aromatic heterocycles. The molecule has 0 aliphatic rings. The lowest BCUT2D eigenvalue weighted by molar-refractivity contribution is 0.669. The molecule has 0 unspecified atom stereocenters. The van der Waals surface area contributed by atoms with E-state index in [0.29, 0.717) is 0 Å². The van der Waals surface area contributed by atoms with Crippen LogP contribution in [-0.4, -0.2) is 0 Å². The van der Waals surface area contributed by atoms with Gasteiger partial charge in [0.15, 0.2) is 0 Å². The van der Waals surface area contributed by atoms with Crippen LogP contribution in [0.5, 0.6) is 0 Å². The van der Waals surface area contributed by atoms with Gasteiger partial charge in [-0.15, -0.1) is 0 Å². The normalized spacial score (nSPS) is 11.2. The monoisotopic (exact) mass is 453 g/mol. The number of rotatable bonds is 6. The Hall–Kier alpha value is -4.30. The van der Waals surface area contributed by atoms with Crippen LogP contribution in [0.2, 0.25) is 0 Å². The topological polar surface area (TPSA) is 25.2 Å². The first-order valence-corrected chi connectivity index (χ1v) is 12.2. The van der Waals surface area contributed by atoms with E-state index < -0.39 is 0 Å². The highest BCUT2D eigenvalue weighted by Crippen LogP contribution is 2.34. The van der Waals surface area contributed by atoms with E-state index in [1.165, 1.54) is 27.8 Å². The molecule has 0 atom stereocenters. The Labute approximate surface area is 205 Å². The molecule has 1 N–H and O–H groups in total. The molecule has 0 saturated heterocycles. The Morgan fingerprint density at radius 2 is 1.29 bits per heavy atom. The van der Waals surface area contributed by atoms with Crippen LogP contribution in [0.3, 0.4) is 0 Å². The van der Waals surface area contributed by atoms with Gasteiger partial charge in [0.2, 0.25) is 0 Å². The third kappa shape index (κ3) is 4.31. The molecule has 0 radical (unpaired) electrons. The van der Waals surface area contributed by atoms with Crippen LogP contribution in [0.4, 0.5) is 11.4 Å². The van der Waals surface area contributed by atoms with Crippen molar-refractivity contribution in [1.29, 1.82) is 0 Å². The van der Waals surface area contributed by atoms with Gasteiger partial charge >= 0.3 is 0 Å². The van der Waals surface area contributed by atoms with Crippen molar-refractivity contribution in [3.63, 3.8) is 0 Å². The predicted molar refractivity (Wildman–Crippen MR) is 147 cm³/mol. The van der Waals surface area contributed by atoms with Crippen molar-refractivity contribution in [3.8, 4) is 11.1 Å². The van der Waals surface area contributed by atoms with E-state index in [0.717, 1.165) is 46.2 Å². The Morgan fingerprint density at radius 1 is 0.571 bits per heavy atom. The number of para-hydroxylation sites is 1. The van der Waals surface area contributed by atoms with Gasteiger partial charge in [0.05, 0.1) is 0 Å². The Morgan fingerprint density at radius 3 is 2.17 bits per heavy atom. The lowest BCUT2D eigenvalue weighted by Gasteiger charge is -2.15. The van der Waals surface area contributed by atoms with Crippen LogP contribution in [0, 0.1) is 6.92 Å². The number of nitrogens with one attached hydrogen (secondary N) is 1. The Balaban J connectivity index is 1.36. The minimum Gasteiger partial charge on any atom is -0.456 e. The molecule has 0 fully saturated rings. The van der Waals surface area contributed by atoms with Crippen molar-refractivity contribution in [3.05, 3.63) is 132 Å². The summed E-state index contributed by atoms with van der Waals surface area (Å²) in [6.45, 7) is 2.19. The smallest absolute Gasteiger partial charge is 0.135 e. The molecule has 1 heterocycles. The van der Waals surface area contributed by atoms with Crippen LogP contribution in [0.1, 0.15) is 16.7 Å². The number of hydrogen-bond donors (Lipinski definition) is 1. The zero-order valence-electron chi connectivity index (χ0n) is 19.8. The molecule has 35 heavy (non-hydrogen) atoms. The number of benzene rings is 5. The molecule has 170 valence electrons. The molecular formula is C33H27NO. The van der Waals surface area contributed by atoms with Gasteiger partial charge in [0.1, 0.15) is 11.2 Å². The van der Waals surface area contributed by atoms with Crippen LogP contribution < -0.4 is 5.32 Å². The first-order chi connectivity index (χ1) is 17.2. The molecule has 2 heteroatoms. The fourth-order valence-electron chi connectivity index (χ4n) is 4.91. The van der Waals surface area contributed by atoms with Crippen molar-refractivity contribution in [2.45, 2.75) is 19.8 Å². The summed E-state index contributed by atoms with van der Waals surface area (Å²) in [7, 11) is 0. The van der Waals surface area contributed by atoms with Gasteiger partial charge in [-0.25, -0.2) is 0 Å². The van der Waals surface area contributed by atoms with Gasteiger partial charge in [-0.05, 0) is 84.0 Å². The van der Waals surface area contributed by atoms with Crippen molar-refractivity contribution >= 4 is 33.3 Å². The molecule has 0 aliphatic heterocycles. The maximum Gasteiger partial charge on any atom is 0.135 e. The quantitative estimate of drug-likeness (QED) is 0.272. The maximum atomic E-state index is 6.00. The standard InChI is InChI=1S/C33H27NO/c1-23-9-5-6-12-28(23)29-19-17-26(21-25(29)16-15-24-10-3-2-4-11-24)34-27-18-20-33-31(22-27)30-13-7-8-14-32(30)35-33/h2-14,17-22,34H,15-16H2,1H3. The summed E-state index contributed by atoms with van der Waals surface area (Å²) in [5.41, 5.74) is 10.6. The van der Waals surface area contributed by atoms with Gasteiger partial charge in [0.25, 0.3) is 0 Å². The highest BCUT2D eigenvalue weighted by Gasteiger charge is 2.11. The molecule has 6 aromatic rings. The maximum absolute atomic E-state index is 6.00. The zero-order valence-corrected chi connectivity index (χ0v) is 19.8. The molecular weight excluding hydrogens is 426 g/mol. The highest BCUT2D eigenvalue weighted by atomic mass is 16.3. The summed E-state index contributed by atoms with van der Waals surface area (Å²) in [5.74, 6) is 0. The molecule has 2 nitrogen and oxygen atoms in total. The molecule has 0 saturated carbocycles. The SMILES string of the molecule is Cc1ccccc1-c1ccc(Nc2ccc3oc4ccccc4c3c2)cc1CCc1ccccc1. The first-order valence-electron chi connectivity index (χ1n) is 12.2. The van der Waals surface area contributed by atoms with E-state index >= 15 is 0 Å². The molecule has 6 rings (SSSR count). The van der Waals surface area contributed by atoms with E-state index in [1.807, 2.05) is 12.1 Å². The molecule has 0 spiro atoms. The van der Waals surface area contributed by atoms with E-state index in [1.54, 1.807) is 0 Å². The third-order valence-electron chi connectivity index (χ3n) is 6.73. The van der Waals surface area contributed by atoms with Gasteiger partial charge in [-0.2, -0.15) is 0 Å². The molecule has 5 aromatic carbocycles. The van der Waals surface area contributed by atoms with Crippen LogP contribution >= 0.6 is 0 Å². The van der Waals surface area contributed by atoms with Gasteiger partial charge in [-0.1, -0.05) is 78.9 Å². The first kappa shape index (κ1) is 21.2. The zero-order chi connectivity index (χ0) is 23.6. The van der Waals surface area contributed by atoms with E-state index in [4.69, 9.17) is 4.42 Å². The molecule has 0 bridgehead atoms. The number of anilines is 2. The van der Waals surface area contributed by atoms with Gasteiger partial charge in [0, 0.05) is 22.1 Å². The van der Waals surface area contributed by atoms with E-state index in [-0.39, 0.29) is 0 Å². The molecule has 0 aliphatic carbocycles. The van der Waals surface area contributed by atoms with Gasteiger partial charge in [-0.3, -0.25) is 0 Å². The summed E-state index contributed by atoms with van der Waals surface area (Å²) >= 11 is 0. The van der Waals surface area contributed by atoms with Crippen LogP contribution in [-0.2, 0) is 12.8 Å². The average molecular weight is 454 g/mol. The summed E-state index contributed by atoms with van der Waals surface area (Å²) in [4.78, 5) is 0. The number of fused-ring (bicyclic) bond motifs is 3. The van der Waals surface area contributed by atoms with Crippen molar-refractivity contribution in [2.75, 3.05) is 5.32 Å². The minimum absolute atomic E-state index is 0.912. The number of aryl methyl sites for hydroxylation is 3. The van der Waals surface area contributed by atoms with E-state index in [9.17, 15) is 0 Å². The number of furan rings is 1. The van der Waals surface area contributed by atoms with Crippen molar-refractivity contribution < 1.29 is 4.42 Å². The summed E-state index contributed by atoms with van der Waals surface area (Å²) in [6, 6.07) is 40.6. The predicted octanol–water partition coefficient (Wildman–Crippen LogP) is 9.09. The van der Waals surface area contributed by atoms with Crippen molar-refractivity contribution in [1.82, 2.24) is 0 Å². The minimum atomic E-state index is 0.912. The molecule has 0 amide bonds. The second-order valence-corrected chi connectivity index (χ2v) is 9.11. The Kier molecular flexibility index (Phi) is 5.56. The highest BCUT2D eigenvalue weighted by molar-refractivity contribution is 6.06. The lowest BCUT2D eigenvalue weighted by atomic mass is 9.92. The summed E-state index contributed by atoms with van der Waals surface area (Å²) in [5, 5.41) is 5.91. The average Bonchev–Trinajstić information content (AvgIpc) is 3.27. The summed E-state index contributed by atoms with van der Waals surface area (Å²) < 4.78 is 6.00. The second kappa shape index (κ2) is 9.15. The fourth-order valence-corrected chi connectivity index (χ4v) is 4.91. The third-order valence-corrected chi connectivity index (χ3v) is 6.73. The fraction of sp³-hybridized carbons (Fsp3) is 0.0909. The van der Waals surface area contributed by atoms with E-state index in [2.05, 4.69) is 115 Å². The van der Waals surface area contributed by atoms with Crippen LogP contribution in [0.15, 0.2) is 120 Å². The second-order valence-electron chi connectivity index (χ2n) is 9.11. The number of hydrogen-bond acceptors (Lipinski definition) is 2.